The summed E-state index contributed by atoms with van der Waals surface area (Å²) in [5.41, 5.74) is 5.51. The molecule has 49 heavy (non-hydrogen) atoms. The first-order valence-electron chi connectivity index (χ1n) is 15.8. The fourth-order valence-corrected chi connectivity index (χ4v) is 5.05. The molecule has 6 rings (SSSR count). The predicted octanol–water partition coefficient (Wildman–Crippen LogP) is 5.36. The lowest BCUT2D eigenvalue weighted by Crippen LogP contribution is -2.25. The summed E-state index contributed by atoms with van der Waals surface area (Å²) in [7, 11) is 7.73. The minimum atomic E-state index is -0.0269. The van der Waals surface area contributed by atoms with Crippen LogP contribution in [0.1, 0.15) is 22.8 Å². The standard InChI is InChI=1S/C35H38N13O/c1-45-18-19-46(2)34(45)43-41-29-11-7-26(8-12-29)24-32-38-31(39-33(40-32)36-17-22-49)23-25-5-9-27(10-6-25)37-28-13-15-30(16-14-28)42-44-35-47(3)20-21-48(35)4/h5-16,18-21,49H,17,22-24H2,1-4H3,(H,36,38,39,40)/q+1/p+1. The third kappa shape index (κ3) is 8.61. The van der Waals surface area contributed by atoms with E-state index in [1.807, 2.05) is 132 Å². The molecule has 0 aliphatic heterocycles. The van der Waals surface area contributed by atoms with Crippen molar-refractivity contribution in [1.29, 1.82) is 0 Å². The SMILES string of the molecule is Cn1cc[n+](C)c1N=Nc1ccc(Cc2nc(Cc3ccc(Nc4ccc(N=Nc5n(C)cc[n+]5C)cc4)cc3)nc(NCCO)n2)cc1. The molecular formula is C35H39N13O+2. The van der Waals surface area contributed by atoms with Crippen LogP contribution in [0.3, 0.4) is 0 Å². The molecule has 3 N–H and O–H groups in total. The zero-order chi connectivity index (χ0) is 34.2. The molecule has 3 aromatic heterocycles. The van der Waals surface area contributed by atoms with Gasteiger partial charge in [-0.1, -0.05) is 34.5 Å². The van der Waals surface area contributed by atoms with Gasteiger partial charge in [0.2, 0.25) is 5.95 Å². The second-order valence-electron chi connectivity index (χ2n) is 11.6. The normalized spacial score (nSPS) is 11.5. The fraction of sp³-hybridized carbons (Fsp3) is 0.229. The molecule has 0 atom stereocenters. The van der Waals surface area contributed by atoms with Crippen LogP contribution in [0.4, 0.5) is 40.6 Å². The van der Waals surface area contributed by atoms with Gasteiger partial charge in [0.15, 0.2) is 0 Å². The van der Waals surface area contributed by atoms with Crippen LogP contribution in [-0.2, 0) is 41.0 Å². The molecule has 0 bridgehead atoms. The van der Waals surface area contributed by atoms with Crippen LogP contribution in [0.15, 0.2) is 118 Å². The van der Waals surface area contributed by atoms with Crippen molar-refractivity contribution in [3.63, 3.8) is 0 Å². The fourth-order valence-electron chi connectivity index (χ4n) is 5.05. The summed E-state index contributed by atoms with van der Waals surface area (Å²) in [4.78, 5) is 14.0. The van der Waals surface area contributed by atoms with Gasteiger partial charge in [0.1, 0.15) is 23.0 Å². The lowest BCUT2D eigenvalue weighted by atomic mass is 10.1. The van der Waals surface area contributed by atoms with Crippen LogP contribution >= 0.6 is 0 Å². The van der Waals surface area contributed by atoms with Crippen molar-refractivity contribution in [1.82, 2.24) is 24.1 Å². The van der Waals surface area contributed by atoms with Crippen molar-refractivity contribution in [2.24, 2.45) is 48.6 Å². The molecule has 0 radical (unpaired) electrons. The van der Waals surface area contributed by atoms with Crippen molar-refractivity contribution in [3.05, 3.63) is 120 Å². The third-order valence-electron chi connectivity index (χ3n) is 7.69. The Morgan fingerprint density at radius 1 is 0.633 bits per heavy atom. The van der Waals surface area contributed by atoms with Gasteiger partial charge in [-0.3, -0.25) is 0 Å². The monoisotopic (exact) mass is 657 g/mol. The first-order chi connectivity index (χ1) is 23.8. The second kappa shape index (κ2) is 15.2. The number of hydrogen-bond donors (Lipinski definition) is 3. The highest BCUT2D eigenvalue weighted by atomic mass is 16.3. The van der Waals surface area contributed by atoms with E-state index in [0.29, 0.717) is 37.0 Å². The van der Waals surface area contributed by atoms with Gasteiger partial charge >= 0.3 is 11.9 Å². The van der Waals surface area contributed by atoms with Gasteiger partial charge in [0.05, 0.1) is 59.6 Å². The molecule has 0 unspecified atom stereocenters. The topological polar surface area (TPSA) is 150 Å². The molecule has 6 aromatic rings. The van der Waals surface area contributed by atoms with E-state index < -0.39 is 0 Å². The zero-order valence-corrected chi connectivity index (χ0v) is 27.9. The number of azo groups is 2. The number of rotatable bonds is 13. The zero-order valence-electron chi connectivity index (χ0n) is 27.9. The van der Waals surface area contributed by atoms with E-state index in [0.717, 1.165) is 45.8 Å². The Morgan fingerprint density at radius 2 is 1.08 bits per heavy atom. The number of aliphatic hydroxyl groups is 1. The van der Waals surface area contributed by atoms with E-state index in [2.05, 4.69) is 53.2 Å². The quantitative estimate of drug-likeness (QED) is 0.112. The molecule has 0 saturated heterocycles. The molecule has 0 aliphatic rings. The van der Waals surface area contributed by atoms with E-state index >= 15 is 0 Å². The number of aryl methyl sites for hydroxylation is 4. The van der Waals surface area contributed by atoms with Gasteiger partial charge in [-0.2, -0.15) is 9.97 Å². The average Bonchev–Trinajstić information content (AvgIpc) is 3.61. The molecule has 0 amide bonds. The Balaban J connectivity index is 1.09. The Morgan fingerprint density at radius 3 is 1.53 bits per heavy atom. The summed E-state index contributed by atoms with van der Waals surface area (Å²) in [6, 6.07) is 23.8. The van der Waals surface area contributed by atoms with Crippen LogP contribution in [0, 0.1) is 0 Å². The van der Waals surface area contributed by atoms with Gasteiger partial charge in [-0.05, 0) is 59.7 Å². The first-order valence-corrected chi connectivity index (χ1v) is 15.8. The van der Waals surface area contributed by atoms with Crippen LogP contribution in [0.25, 0.3) is 0 Å². The maximum absolute atomic E-state index is 9.35. The highest BCUT2D eigenvalue weighted by Gasteiger charge is 2.13. The molecule has 248 valence electrons. The van der Waals surface area contributed by atoms with E-state index in [1.165, 1.54) is 0 Å². The number of imidazole rings is 2. The number of anilines is 3. The first kappa shape index (κ1) is 32.8. The Kier molecular flexibility index (Phi) is 10.1. The molecule has 14 nitrogen and oxygen atoms in total. The second-order valence-corrected chi connectivity index (χ2v) is 11.6. The van der Waals surface area contributed by atoms with Crippen LogP contribution < -0.4 is 19.8 Å². The summed E-state index contributed by atoms with van der Waals surface area (Å²) >= 11 is 0. The van der Waals surface area contributed by atoms with E-state index in [1.54, 1.807) is 0 Å². The largest absolute Gasteiger partial charge is 0.421 e. The lowest BCUT2D eigenvalue weighted by molar-refractivity contribution is -0.657. The highest BCUT2D eigenvalue weighted by molar-refractivity contribution is 5.61. The van der Waals surface area contributed by atoms with E-state index in [9.17, 15) is 5.11 Å². The number of nitrogens with zero attached hydrogens (tertiary/aromatic N) is 11. The molecule has 0 aliphatic carbocycles. The summed E-state index contributed by atoms with van der Waals surface area (Å²) in [6.45, 7) is 0.318. The van der Waals surface area contributed by atoms with Gasteiger partial charge < -0.3 is 15.7 Å². The Labute approximate surface area is 284 Å². The predicted molar refractivity (Wildman–Crippen MR) is 185 cm³/mol. The van der Waals surface area contributed by atoms with Gasteiger partial charge in [0.25, 0.3) is 0 Å². The Hall–Kier alpha value is -6.15. The van der Waals surface area contributed by atoms with Crippen molar-refractivity contribution >= 4 is 40.6 Å². The molecule has 0 saturated carbocycles. The van der Waals surface area contributed by atoms with Crippen LogP contribution in [0.5, 0.6) is 0 Å². The highest BCUT2D eigenvalue weighted by Crippen LogP contribution is 2.23. The number of benzene rings is 3. The lowest BCUT2D eigenvalue weighted by Gasteiger charge is -2.10. The minimum Gasteiger partial charge on any atom is -0.395 e. The molecule has 0 fully saturated rings. The minimum absolute atomic E-state index is 0.0269. The maximum atomic E-state index is 9.35. The van der Waals surface area contributed by atoms with Crippen molar-refractivity contribution in [3.8, 4) is 0 Å². The third-order valence-corrected chi connectivity index (χ3v) is 7.69. The van der Waals surface area contributed by atoms with Crippen molar-refractivity contribution < 1.29 is 14.2 Å². The molecule has 14 heteroatoms. The Bertz CT molecular complexity index is 2020. The molecular weight excluding hydrogens is 618 g/mol. The summed E-state index contributed by atoms with van der Waals surface area (Å²) in [5, 5.41) is 33.3. The number of aromatic nitrogens is 7. The molecule has 3 aromatic carbocycles. The van der Waals surface area contributed by atoms with Crippen molar-refractivity contribution in [2.45, 2.75) is 12.8 Å². The molecule has 3 heterocycles. The smallest absolute Gasteiger partial charge is 0.395 e. The number of hydrogen-bond acceptors (Lipinski definition) is 10. The van der Waals surface area contributed by atoms with Crippen LogP contribution in [0.2, 0.25) is 0 Å². The summed E-state index contributed by atoms with van der Waals surface area (Å²) in [6.07, 6.45) is 8.77. The summed E-state index contributed by atoms with van der Waals surface area (Å²) in [5.74, 6) is 3.22. The van der Waals surface area contributed by atoms with Gasteiger partial charge in [-0.15, -0.1) is 0 Å². The van der Waals surface area contributed by atoms with Crippen LogP contribution in [-0.4, -0.2) is 42.3 Å². The van der Waals surface area contributed by atoms with Gasteiger partial charge in [0, 0.05) is 41.0 Å². The number of nitrogens with one attached hydrogen (secondary N) is 2. The van der Waals surface area contributed by atoms with Gasteiger partial charge in [-0.25, -0.2) is 23.3 Å². The summed E-state index contributed by atoms with van der Waals surface area (Å²) < 4.78 is 7.65. The maximum Gasteiger partial charge on any atom is 0.421 e. The number of aliphatic hydroxyl groups excluding tert-OH is 1. The molecule has 0 spiro atoms. The van der Waals surface area contributed by atoms with E-state index in [4.69, 9.17) is 4.98 Å². The average molecular weight is 658 g/mol. The van der Waals surface area contributed by atoms with Crippen molar-refractivity contribution in [2.75, 3.05) is 23.8 Å². The van der Waals surface area contributed by atoms with E-state index in [-0.39, 0.29) is 6.61 Å².